The van der Waals surface area contributed by atoms with Crippen LogP contribution < -0.4 is 15.4 Å². The maximum absolute atomic E-state index is 12.3. The van der Waals surface area contributed by atoms with Crippen LogP contribution in [-0.4, -0.2) is 24.6 Å². The molecule has 0 saturated heterocycles. The Labute approximate surface area is 150 Å². The van der Waals surface area contributed by atoms with Gasteiger partial charge in [-0.15, -0.1) is 0 Å². The number of nitrogens with one attached hydrogen (secondary N) is 2. The highest BCUT2D eigenvalue weighted by molar-refractivity contribution is 5.80. The smallest absolute Gasteiger partial charge is 0.260 e. The fraction of sp³-hybridized carbons (Fsp3) is 0.381. The predicted octanol–water partition coefficient (Wildman–Crippen LogP) is 4.02. The third kappa shape index (κ3) is 6.14. The number of ether oxygens (including phenoxy) is 1. The molecule has 0 radical (unpaired) electrons. The second-order valence-corrected chi connectivity index (χ2v) is 6.68. The van der Waals surface area contributed by atoms with Gasteiger partial charge in [-0.3, -0.25) is 4.79 Å². The number of carbonyl (C=O) groups excluding carboxylic acids is 1. The van der Waals surface area contributed by atoms with Gasteiger partial charge in [0.05, 0.1) is 0 Å². The summed E-state index contributed by atoms with van der Waals surface area (Å²) in [7, 11) is 0. The van der Waals surface area contributed by atoms with Gasteiger partial charge >= 0.3 is 0 Å². The van der Waals surface area contributed by atoms with Crippen LogP contribution in [0.4, 0.5) is 5.69 Å². The zero-order chi connectivity index (χ0) is 18.2. The van der Waals surface area contributed by atoms with Crippen LogP contribution in [0.15, 0.2) is 54.6 Å². The van der Waals surface area contributed by atoms with E-state index in [-0.39, 0.29) is 11.9 Å². The Morgan fingerprint density at radius 3 is 2.40 bits per heavy atom. The van der Waals surface area contributed by atoms with Crippen molar-refractivity contribution in [3.05, 3.63) is 60.2 Å². The van der Waals surface area contributed by atoms with E-state index in [0.717, 1.165) is 11.3 Å². The number of carbonyl (C=O) groups is 1. The van der Waals surface area contributed by atoms with Gasteiger partial charge in [0, 0.05) is 18.3 Å². The molecular formula is C21H28N2O2. The summed E-state index contributed by atoms with van der Waals surface area (Å²) >= 11 is 0. The molecule has 2 aromatic carbocycles. The number of amides is 1. The summed E-state index contributed by atoms with van der Waals surface area (Å²) in [6.45, 7) is 8.60. The Hall–Kier alpha value is -2.49. The summed E-state index contributed by atoms with van der Waals surface area (Å²) in [5.74, 6) is 0.987. The maximum atomic E-state index is 12.3. The molecule has 2 N–H and O–H groups in total. The Bertz CT molecular complexity index is 671. The first-order chi connectivity index (χ1) is 12.0. The van der Waals surface area contributed by atoms with Gasteiger partial charge in [0.1, 0.15) is 5.75 Å². The Morgan fingerprint density at radius 1 is 1.04 bits per heavy atom. The van der Waals surface area contributed by atoms with Crippen LogP contribution in [0, 0.1) is 12.8 Å². The average molecular weight is 340 g/mol. The highest BCUT2D eigenvalue weighted by atomic mass is 16.5. The molecule has 0 aliphatic heterocycles. The first-order valence-electron chi connectivity index (χ1n) is 8.78. The average Bonchev–Trinajstić information content (AvgIpc) is 2.59. The maximum Gasteiger partial charge on any atom is 0.260 e. The summed E-state index contributed by atoms with van der Waals surface area (Å²) in [6, 6.07) is 17.9. The van der Waals surface area contributed by atoms with Gasteiger partial charge in [-0.2, -0.15) is 0 Å². The zero-order valence-electron chi connectivity index (χ0n) is 15.5. The molecule has 2 aromatic rings. The normalized spacial score (nSPS) is 13.2. The van der Waals surface area contributed by atoms with E-state index < -0.39 is 6.10 Å². The Kier molecular flexibility index (Phi) is 6.87. The van der Waals surface area contributed by atoms with Gasteiger partial charge in [0.2, 0.25) is 0 Å². The molecule has 25 heavy (non-hydrogen) atoms. The molecule has 0 aliphatic carbocycles. The zero-order valence-corrected chi connectivity index (χ0v) is 15.5. The van der Waals surface area contributed by atoms with Crippen molar-refractivity contribution < 1.29 is 9.53 Å². The van der Waals surface area contributed by atoms with Gasteiger partial charge in [-0.25, -0.2) is 0 Å². The van der Waals surface area contributed by atoms with Crippen LogP contribution in [0.3, 0.4) is 0 Å². The number of aryl methyl sites for hydroxylation is 1. The molecule has 4 nitrogen and oxygen atoms in total. The number of hydrogen-bond acceptors (Lipinski definition) is 3. The number of rotatable bonds is 8. The SMILES string of the molecule is Cc1cccc(OC(C)C(=O)NCC(Nc2ccccc2)C(C)C)c1. The molecule has 1 amide bonds. The van der Waals surface area contributed by atoms with Gasteiger partial charge in [0.15, 0.2) is 6.10 Å². The number of para-hydroxylation sites is 1. The minimum atomic E-state index is -0.536. The van der Waals surface area contributed by atoms with Gasteiger partial charge < -0.3 is 15.4 Å². The third-order valence-corrected chi connectivity index (χ3v) is 4.10. The largest absolute Gasteiger partial charge is 0.481 e. The van der Waals surface area contributed by atoms with Gasteiger partial charge in [0.25, 0.3) is 5.91 Å². The molecule has 0 heterocycles. The van der Waals surface area contributed by atoms with Gasteiger partial charge in [-0.05, 0) is 49.6 Å². The van der Waals surface area contributed by atoms with Crippen molar-refractivity contribution in [3.8, 4) is 5.75 Å². The molecule has 4 heteroatoms. The standard InChI is InChI=1S/C21H28N2O2/c1-15(2)20(23-18-10-6-5-7-11-18)14-22-21(24)17(4)25-19-12-8-9-16(3)13-19/h5-13,15,17,20,23H,14H2,1-4H3,(H,22,24). The molecule has 2 unspecified atom stereocenters. The molecule has 0 spiro atoms. The van der Waals surface area contributed by atoms with Crippen LogP contribution in [0.2, 0.25) is 0 Å². The van der Waals surface area contributed by atoms with E-state index in [2.05, 4.69) is 24.5 Å². The van der Waals surface area contributed by atoms with E-state index >= 15 is 0 Å². The van der Waals surface area contributed by atoms with Crippen molar-refractivity contribution in [2.45, 2.75) is 39.8 Å². The van der Waals surface area contributed by atoms with E-state index in [1.807, 2.05) is 61.5 Å². The first-order valence-corrected chi connectivity index (χ1v) is 8.78. The monoisotopic (exact) mass is 340 g/mol. The van der Waals surface area contributed by atoms with Crippen molar-refractivity contribution in [2.75, 3.05) is 11.9 Å². The fourth-order valence-corrected chi connectivity index (χ4v) is 2.50. The lowest BCUT2D eigenvalue weighted by atomic mass is 10.0. The number of anilines is 1. The summed E-state index contributed by atoms with van der Waals surface area (Å²) in [4.78, 5) is 12.3. The van der Waals surface area contributed by atoms with Crippen molar-refractivity contribution in [3.63, 3.8) is 0 Å². The third-order valence-electron chi connectivity index (χ3n) is 4.10. The lowest BCUT2D eigenvalue weighted by Crippen LogP contribution is -2.44. The summed E-state index contributed by atoms with van der Waals surface area (Å²) in [5.41, 5.74) is 2.16. The van der Waals surface area contributed by atoms with Crippen molar-refractivity contribution >= 4 is 11.6 Å². The van der Waals surface area contributed by atoms with E-state index in [4.69, 9.17) is 4.74 Å². The second-order valence-electron chi connectivity index (χ2n) is 6.68. The van der Waals surface area contributed by atoms with Crippen molar-refractivity contribution in [1.82, 2.24) is 5.32 Å². The van der Waals surface area contributed by atoms with Crippen molar-refractivity contribution in [1.29, 1.82) is 0 Å². The molecule has 0 aliphatic rings. The topological polar surface area (TPSA) is 50.4 Å². The lowest BCUT2D eigenvalue weighted by Gasteiger charge is -2.25. The molecule has 134 valence electrons. The fourth-order valence-electron chi connectivity index (χ4n) is 2.50. The van der Waals surface area contributed by atoms with E-state index in [0.29, 0.717) is 18.2 Å². The second kappa shape index (κ2) is 9.11. The summed E-state index contributed by atoms with van der Waals surface area (Å²) in [5, 5.41) is 6.47. The molecule has 0 fully saturated rings. The molecule has 2 atom stereocenters. The minimum Gasteiger partial charge on any atom is -0.481 e. The minimum absolute atomic E-state index is 0.109. The highest BCUT2D eigenvalue weighted by Crippen LogP contribution is 2.15. The Balaban J connectivity index is 1.87. The molecule has 2 rings (SSSR count). The highest BCUT2D eigenvalue weighted by Gasteiger charge is 2.18. The van der Waals surface area contributed by atoms with E-state index in [1.54, 1.807) is 6.92 Å². The Morgan fingerprint density at radius 2 is 1.76 bits per heavy atom. The van der Waals surface area contributed by atoms with E-state index in [1.165, 1.54) is 0 Å². The first kappa shape index (κ1) is 18.8. The van der Waals surface area contributed by atoms with Crippen LogP contribution in [0.5, 0.6) is 5.75 Å². The summed E-state index contributed by atoms with van der Waals surface area (Å²) in [6.07, 6.45) is -0.536. The predicted molar refractivity (Wildman–Crippen MR) is 103 cm³/mol. The molecular weight excluding hydrogens is 312 g/mol. The van der Waals surface area contributed by atoms with Crippen molar-refractivity contribution in [2.24, 2.45) is 5.92 Å². The number of hydrogen-bond donors (Lipinski definition) is 2. The summed E-state index contributed by atoms with van der Waals surface area (Å²) < 4.78 is 5.74. The molecule has 0 saturated carbocycles. The van der Waals surface area contributed by atoms with Crippen LogP contribution in [0.1, 0.15) is 26.3 Å². The molecule has 0 bridgehead atoms. The van der Waals surface area contributed by atoms with Crippen LogP contribution in [-0.2, 0) is 4.79 Å². The quantitative estimate of drug-likeness (QED) is 0.763. The van der Waals surface area contributed by atoms with Gasteiger partial charge in [-0.1, -0.05) is 44.2 Å². The molecule has 0 aromatic heterocycles. The van der Waals surface area contributed by atoms with E-state index in [9.17, 15) is 4.79 Å². The lowest BCUT2D eigenvalue weighted by molar-refractivity contribution is -0.127. The van der Waals surface area contributed by atoms with Crippen LogP contribution >= 0.6 is 0 Å². The number of benzene rings is 2. The van der Waals surface area contributed by atoms with Crippen LogP contribution in [0.25, 0.3) is 0 Å².